The van der Waals surface area contributed by atoms with Crippen LogP contribution in [0.25, 0.3) is 0 Å². The summed E-state index contributed by atoms with van der Waals surface area (Å²) in [6.07, 6.45) is 1.89. The average molecular weight is 207 g/mol. The largest absolute Gasteiger partial charge is 0.352 e. The number of hydrogen-bond donors (Lipinski definition) is 1. The van der Waals surface area contributed by atoms with E-state index in [1.54, 1.807) is 0 Å². The van der Waals surface area contributed by atoms with E-state index in [0.717, 1.165) is 17.2 Å². The Labute approximate surface area is 92.3 Å². The summed E-state index contributed by atoms with van der Waals surface area (Å²) in [5, 5.41) is 3.22. The zero-order valence-corrected chi connectivity index (χ0v) is 10.5. The summed E-state index contributed by atoms with van der Waals surface area (Å²) >= 11 is 0. The van der Waals surface area contributed by atoms with Gasteiger partial charge in [-0.3, -0.25) is 0 Å². The first-order chi connectivity index (χ1) is 6.80. The molecular formula is C12H21N3. The van der Waals surface area contributed by atoms with Gasteiger partial charge in [0.05, 0.1) is 5.69 Å². The van der Waals surface area contributed by atoms with Crippen LogP contribution in [0.2, 0.25) is 0 Å². The minimum absolute atomic E-state index is 0.0699. The van der Waals surface area contributed by atoms with Crippen LogP contribution in [0.4, 0.5) is 5.95 Å². The Morgan fingerprint density at radius 1 is 1.27 bits per heavy atom. The summed E-state index contributed by atoms with van der Waals surface area (Å²) in [6.45, 7) is 12.7. The van der Waals surface area contributed by atoms with Crippen molar-refractivity contribution < 1.29 is 0 Å². The molecule has 0 radical (unpaired) electrons. The van der Waals surface area contributed by atoms with E-state index in [1.165, 1.54) is 0 Å². The van der Waals surface area contributed by atoms with E-state index in [2.05, 4.69) is 56.8 Å². The number of rotatable bonds is 2. The molecule has 0 atom stereocenters. The maximum Gasteiger partial charge on any atom is 0.223 e. The fourth-order valence-corrected chi connectivity index (χ4v) is 1.53. The van der Waals surface area contributed by atoms with Crippen LogP contribution in [0.5, 0.6) is 0 Å². The van der Waals surface area contributed by atoms with Crippen LogP contribution in [-0.4, -0.2) is 16.0 Å². The van der Waals surface area contributed by atoms with Crippen molar-refractivity contribution in [2.75, 3.05) is 5.32 Å². The number of nitrogens with zero attached hydrogens (tertiary/aromatic N) is 2. The molecule has 0 aliphatic carbocycles. The Hall–Kier alpha value is -1.12. The molecule has 15 heavy (non-hydrogen) atoms. The first-order valence-corrected chi connectivity index (χ1v) is 5.41. The van der Waals surface area contributed by atoms with Crippen molar-refractivity contribution in [3.05, 3.63) is 17.5 Å². The van der Waals surface area contributed by atoms with Gasteiger partial charge in [0.25, 0.3) is 0 Å². The van der Waals surface area contributed by atoms with Crippen LogP contribution >= 0.6 is 0 Å². The van der Waals surface area contributed by atoms with Crippen LogP contribution in [0, 0.1) is 6.92 Å². The van der Waals surface area contributed by atoms with Gasteiger partial charge < -0.3 is 5.32 Å². The summed E-state index contributed by atoms with van der Waals surface area (Å²) in [7, 11) is 0. The number of aromatic nitrogens is 2. The van der Waals surface area contributed by atoms with Gasteiger partial charge in [-0.2, -0.15) is 0 Å². The van der Waals surface area contributed by atoms with Crippen molar-refractivity contribution >= 4 is 5.95 Å². The van der Waals surface area contributed by atoms with Gasteiger partial charge in [0, 0.05) is 17.7 Å². The molecule has 1 rings (SSSR count). The molecule has 1 aromatic heterocycles. The van der Waals surface area contributed by atoms with Gasteiger partial charge in [0.15, 0.2) is 0 Å². The molecule has 0 aromatic carbocycles. The van der Waals surface area contributed by atoms with Crippen molar-refractivity contribution in [1.82, 2.24) is 9.97 Å². The molecule has 1 N–H and O–H groups in total. The minimum atomic E-state index is 0.0699. The molecule has 0 unspecified atom stereocenters. The van der Waals surface area contributed by atoms with Gasteiger partial charge >= 0.3 is 0 Å². The van der Waals surface area contributed by atoms with Crippen molar-refractivity contribution in [1.29, 1.82) is 0 Å². The highest BCUT2D eigenvalue weighted by Gasteiger charge is 2.19. The van der Waals surface area contributed by atoms with Crippen molar-refractivity contribution in [3.63, 3.8) is 0 Å². The molecule has 1 heterocycles. The fourth-order valence-electron chi connectivity index (χ4n) is 1.53. The lowest BCUT2D eigenvalue weighted by atomic mass is 9.89. The summed E-state index contributed by atoms with van der Waals surface area (Å²) in [4.78, 5) is 8.83. The van der Waals surface area contributed by atoms with E-state index in [9.17, 15) is 0 Å². The maximum absolute atomic E-state index is 4.56. The van der Waals surface area contributed by atoms with Crippen molar-refractivity contribution in [3.8, 4) is 0 Å². The summed E-state index contributed by atoms with van der Waals surface area (Å²) in [6, 6.07) is 0.362. The SMILES string of the molecule is Cc1cnc(NC(C)C)nc1C(C)(C)C. The van der Waals surface area contributed by atoms with E-state index in [-0.39, 0.29) is 5.41 Å². The molecule has 0 saturated heterocycles. The quantitative estimate of drug-likeness (QED) is 0.810. The average Bonchev–Trinajstić information content (AvgIpc) is 2.05. The number of nitrogens with one attached hydrogen (secondary N) is 1. The molecule has 0 aliphatic rings. The molecule has 3 nitrogen and oxygen atoms in total. The van der Waals surface area contributed by atoms with Gasteiger partial charge in [-0.25, -0.2) is 9.97 Å². The van der Waals surface area contributed by atoms with Gasteiger partial charge in [-0.15, -0.1) is 0 Å². The molecule has 3 heteroatoms. The first kappa shape index (κ1) is 12.0. The maximum atomic E-state index is 4.56. The van der Waals surface area contributed by atoms with Crippen LogP contribution in [0.1, 0.15) is 45.9 Å². The second-order valence-electron chi connectivity index (χ2n) is 5.27. The topological polar surface area (TPSA) is 37.8 Å². The molecule has 0 fully saturated rings. The van der Waals surface area contributed by atoms with Crippen LogP contribution in [-0.2, 0) is 5.41 Å². The Morgan fingerprint density at radius 2 is 1.87 bits per heavy atom. The number of hydrogen-bond acceptors (Lipinski definition) is 3. The Kier molecular flexibility index (Phi) is 3.32. The molecule has 84 valence electrons. The monoisotopic (exact) mass is 207 g/mol. The third kappa shape index (κ3) is 3.18. The fraction of sp³-hybridized carbons (Fsp3) is 0.667. The van der Waals surface area contributed by atoms with Crippen LogP contribution in [0.15, 0.2) is 6.20 Å². The Bertz CT molecular complexity index is 337. The smallest absolute Gasteiger partial charge is 0.223 e. The molecule has 0 saturated carbocycles. The lowest BCUT2D eigenvalue weighted by Gasteiger charge is -2.21. The lowest BCUT2D eigenvalue weighted by molar-refractivity contribution is 0.562. The van der Waals surface area contributed by atoms with E-state index in [4.69, 9.17) is 0 Å². The molecular weight excluding hydrogens is 186 g/mol. The first-order valence-electron chi connectivity index (χ1n) is 5.41. The summed E-state index contributed by atoms with van der Waals surface area (Å²) in [5.74, 6) is 0.723. The molecule has 0 bridgehead atoms. The normalized spacial score (nSPS) is 11.9. The Morgan fingerprint density at radius 3 is 2.33 bits per heavy atom. The zero-order chi connectivity index (χ0) is 11.6. The second-order valence-corrected chi connectivity index (χ2v) is 5.27. The third-order valence-electron chi connectivity index (χ3n) is 2.10. The van der Waals surface area contributed by atoms with Gasteiger partial charge in [-0.1, -0.05) is 20.8 Å². The number of anilines is 1. The van der Waals surface area contributed by atoms with E-state index >= 15 is 0 Å². The highest BCUT2D eigenvalue weighted by Crippen LogP contribution is 2.23. The predicted octanol–water partition coefficient (Wildman–Crippen LogP) is 2.90. The standard InChI is InChI=1S/C12H21N3/c1-8(2)14-11-13-7-9(3)10(15-11)12(4,5)6/h7-8H,1-6H3,(H,13,14,15). The Balaban J connectivity index is 3.06. The van der Waals surface area contributed by atoms with Gasteiger partial charge in [0.2, 0.25) is 5.95 Å². The van der Waals surface area contributed by atoms with Crippen molar-refractivity contribution in [2.45, 2.75) is 53.0 Å². The van der Waals surface area contributed by atoms with Gasteiger partial charge in [0.1, 0.15) is 0 Å². The summed E-state index contributed by atoms with van der Waals surface area (Å²) in [5.41, 5.74) is 2.33. The predicted molar refractivity (Wildman–Crippen MR) is 64.2 cm³/mol. The molecule has 0 amide bonds. The minimum Gasteiger partial charge on any atom is -0.352 e. The second kappa shape index (κ2) is 4.17. The lowest BCUT2D eigenvalue weighted by Crippen LogP contribution is -2.19. The molecule has 0 spiro atoms. The van der Waals surface area contributed by atoms with Crippen LogP contribution in [0.3, 0.4) is 0 Å². The summed E-state index contributed by atoms with van der Waals surface area (Å²) < 4.78 is 0. The van der Waals surface area contributed by atoms with Crippen LogP contribution < -0.4 is 5.32 Å². The van der Waals surface area contributed by atoms with E-state index in [1.807, 2.05) is 6.20 Å². The highest BCUT2D eigenvalue weighted by molar-refractivity contribution is 5.32. The zero-order valence-electron chi connectivity index (χ0n) is 10.5. The molecule has 0 aliphatic heterocycles. The van der Waals surface area contributed by atoms with E-state index < -0.39 is 0 Å². The third-order valence-corrected chi connectivity index (χ3v) is 2.10. The molecule has 1 aromatic rings. The van der Waals surface area contributed by atoms with E-state index in [0.29, 0.717) is 6.04 Å². The highest BCUT2D eigenvalue weighted by atomic mass is 15.1. The van der Waals surface area contributed by atoms with Gasteiger partial charge in [-0.05, 0) is 26.3 Å². The number of aryl methyl sites for hydroxylation is 1. The van der Waals surface area contributed by atoms with Crippen molar-refractivity contribution in [2.24, 2.45) is 0 Å².